The minimum atomic E-state index is 0.680. The smallest absolute Gasteiger partial charge is 0.118 e. The van der Waals surface area contributed by atoms with E-state index in [1.165, 1.54) is 19.6 Å². The number of nitrogens with one attached hydrogen (secondary N) is 1. The summed E-state index contributed by atoms with van der Waals surface area (Å²) in [5.41, 5.74) is 0. The van der Waals surface area contributed by atoms with Gasteiger partial charge in [-0.15, -0.1) is 0 Å². The fraction of sp³-hybridized carbons (Fsp3) is 0.750. The second kappa shape index (κ2) is 7.81. The van der Waals surface area contributed by atoms with Crippen molar-refractivity contribution in [2.24, 2.45) is 5.92 Å². The average Bonchev–Trinajstić information content (AvgIpc) is 2.87. The SMILES string of the molecule is CCN1CCN(Cc2ccc(CNCC(C)C)o2)CC1. The normalized spacial score (nSPS) is 18.0. The molecule has 0 aliphatic carbocycles. The van der Waals surface area contributed by atoms with Crippen LogP contribution in [0.4, 0.5) is 0 Å². The van der Waals surface area contributed by atoms with Gasteiger partial charge in [0.1, 0.15) is 11.5 Å². The summed E-state index contributed by atoms with van der Waals surface area (Å²) in [4.78, 5) is 4.98. The van der Waals surface area contributed by atoms with Gasteiger partial charge in [0.2, 0.25) is 0 Å². The van der Waals surface area contributed by atoms with Crippen LogP contribution in [0.2, 0.25) is 0 Å². The lowest BCUT2D eigenvalue weighted by Gasteiger charge is -2.33. The van der Waals surface area contributed by atoms with Crippen LogP contribution in [-0.2, 0) is 13.1 Å². The van der Waals surface area contributed by atoms with Gasteiger partial charge in [-0.1, -0.05) is 20.8 Å². The standard InChI is InChI=1S/C16H29N3O/c1-4-18-7-9-19(10-8-18)13-16-6-5-15(20-16)12-17-11-14(2)3/h5-6,14,17H,4,7-13H2,1-3H3. The molecule has 1 aromatic heterocycles. The van der Waals surface area contributed by atoms with Gasteiger partial charge in [-0.05, 0) is 31.1 Å². The van der Waals surface area contributed by atoms with E-state index in [-0.39, 0.29) is 0 Å². The van der Waals surface area contributed by atoms with E-state index in [1.54, 1.807) is 0 Å². The van der Waals surface area contributed by atoms with Crippen molar-refractivity contribution in [3.05, 3.63) is 23.7 Å². The largest absolute Gasteiger partial charge is 0.463 e. The molecule has 0 atom stereocenters. The Balaban J connectivity index is 1.72. The van der Waals surface area contributed by atoms with Crippen molar-refractivity contribution in [3.63, 3.8) is 0 Å². The highest BCUT2D eigenvalue weighted by molar-refractivity contribution is 5.07. The van der Waals surface area contributed by atoms with Crippen molar-refractivity contribution in [2.75, 3.05) is 39.3 Å². The summed E-state index contributed by atoms with van der Waals surface area (Å²) in [5.74, 6) is 2.82. The van der Waals surface area contributed by atoms with Gasteiger partial charge in [0.05, 0.1) is 13.1 Å². The van der Waals surface area contributed by atoms with Crippen LogP contribution < -0.4 is 5.32 Å². The van der Waals surface area contributed by atoms with Crippen molar-refractivity contribution in [2.45, 2.75) is 33.9 Å². The first-order valence-electron chi connectivity index (χ1n) is 7.90. The molecule has 114 valence electrons. The van der Waals surface area contributed by atoms with Crippen LogP contribution in [0, 0.1) is 5.92 Å². The predicted octanol–water partition coefficient (Wildman–Crippen LogP) is 2.16. The highest BCUT2D eigenvalue weighted by atomic mass is 16.3. The zero-order valence-electron chi connectivity index (χ0n) is 13.2. The molecule has 1 fully saturated rings. The Kier molecular flexibility index (Phi) is 6.07. The van der Waals surface area contributed by atoms with Crippen LogP contribution >= 0.6 is 0 Å². The third-order valence-corrected chi connectivity index (χ3v) is 3.86. The van der Waals surface area contributed by atoms with Gasteiger partial charge < -0.3 is 14.6 Å². The van der Waals surface area contributed by atoms with Gasteiger partial charge in [-0.2, -0.15) is 0 Å². The summed E-state index contributed by atoms with van der Waals surface area (Å²) in [6, 6.07) is 4.23. The van der Waals surface area contributed by atoms with Crippen molar-refractivity contribution in [3.8, 4) is 0 Å². The van der Waals surface area contributed by atoms with E-state index in [0.717, 1.165) is 44.2 Å². The molecule has 1 aliphatic heterocycles. The fourth-order valence-electron chi connectivity index (χ4n) is 2.57. The Hall–Kier alpha value is -0.840. The van der Waals surface area contributed by atoms with E-state index < -0.39 is 0 Å². The van der Waals surface area contributed by atoms with Gasteiger partial charge >= 0.3 is 0 Å². The fourth-order valence-corrected chi connectivity index (χ4v) is 2.57. The minimum absolute atomic E-state index is 0.680. The molecule has 4 nitrogen and oxygen atoms in total. The molecule has 0 amide bonds. The van der Waals surface area contributed by atoms with Crippen molar-refractivity contribution in [1.82, 2.24) is 15.1 Å². The zero-order chi connectivity index (χ0) is 14.4. The van der Waals surface area contributed by atoms with E-state index in [2.05, 4.69) is 48.0 Å². The summed E-state index contributed by atoms with van der Waals surface area (Å²) < 4.78 is 5.90. The van der Waals surface area contributed by atoms with Crippen molar-refractivity contribution < 1.29 is 4.42 Å². The summed E-state index contributed by atoms with van der Waals surface area (Å²) in [6.07, 6.45) is 0. The summed E-state index contributed by atoms with van der Waals surface area (Å²) in [6.45, 7) is 15.3. The molecule has 1 saturated heterocycles. The van der Waals surface area contributed by atoms with Crippen molar-refractivity contribution >= 4 is 0 Å². The molecule has 0 radical (unpaired) electrons. The Morgan fingerprint density at radius 1 is 1.10 bits per heavy atom. The van der Waals surface area contributed by atoms with Gasteiger partial charge in [-0.3, -0.25) is 4.90 Å². The predicted molar refractivity (Wildman–Crippen MR) is 82.6 cm³/mol. The Morgan fingerprint density at radius 2 is 1.75 bits per heavy atom. The maximum Gasteiger partial charge on any atom is 0.118 e. The lowest BCUT2D eigenvalue weighted by Crippen LogP contribution is -2.45. The molecule has 1 aromatic rings. The average molecular weight is 279 g/mol. The molecule has 2 rings (SSSR count). The number of hydrogen-bond acceptors (Lipinski definition) is 4. The Morgan fingerprint density at radius 3 is 2.40 bits per heavy atom. The molecule has 0 saturated carbocycles. The molecule has 1 aliphatic rings. The molecule has 1 N–H and O–H groups in total. The molecule has 0 aromatic carbocycles. The van der Waals surface area contributed by atoms with E-state index in [9.17, 15) is 0 Å². The molecular formula is C16H29N3O. The first-order chi connectivity index (χ1) is 9.67. The lowest BCUT2D eigenvalue weighted by atomic mass is 10.2. The quantitative estimate of drug-likeness (QED) is 0.829. The van der Waals surface area contributed by atoms with Crippen LogP contribution in [0.25, 0.3) is 0 Å². The van der Waals surface area contributed by atoms with Gasteiger partial charge in [-0.25, -0.2) is 0 Å². The second-order valence-corrected chi connectivity index (χ2v) is 6.10. The van der Waals surface area contributed by atoms with Crippen LogP contribution in [0.1, 0.15) is 32.3 Å². The third-order valence-electron chi connectivity index (χ3n) is 3.86. The maximum absolute atomic E-state index is 5.90. The molecular weight excluding hydrogens is 250 g/mol. The van der Waals surface area contributed by atoms with Crippen LogP contribution in [0.15, 0.2) is 16.5 Å². The Labute approximate surface area is 123 Å². The van der Waals surface area contributed by atoms with Crippen molar-refractivity contribution in [1.29, 1.82) is 0 Å². The number of nitrogens with zero attached hydrogens (tertiary/aromatic N) is 2. The van der Waals surface area contributed by atoms with Crippen LogP contribution in [0.3, 0.4) is 0 Å². The molecule has 2 heterocycles. The first-order valence-corrected chi connectivity index (χ1v) is 7.90. The zero-order valence-corrected chi connectivity index (χ0v) is 13.2. The summed E-state index contributed by atoms with van der Waals surface area (Å²) in [5, 5.41) is 3.42. The van der Waals surface area contributed by atoms with E-state index in [4.69, 9.17) is 4.42 Å². The van der Waals surface area contributed by atoms with E-state index >= 15 is 0 Å². The number of hydrogen-bond donors (Lipinski definition) is 1. The summed E-state index contributed by atoms with van der Waals surface area (Å²) >= 11 is 0. The molecule has 0 spiro atoms. The van der Waals surface area contributed by atoms with E-state index in [0.29, 0.717) is 5.92 Å². The second-order valence-electron chi connectivity index (χ2n) is 6.10. The monoisotopic (exact) mass is 279 g/mol. The molecule has 0 bridgehead atoms. The topological polar surface area (TPSA) is 31.6 Å². The highest BCUT2D eigenvalue weighted by Gasteiger charge is 2.16. The van der Waals surface area contributed by atoms with Crippen LogP contribution in [-0.4, -0.2) is 49.1 Å². The maximum atomic E-state index is 5.90. The minimum Gasteiger partial charge on any atom is -0.463 e. The lowest BCUT2D eigenvalue weighted by molar-refractivity contribution is 0.125. The van der Waals surface area contributed by atoms with Gasteiger partial charge in [0, 0.05) is 26.2 Å². The third kappa shape index (κ3) is 4.93. The first kappa shape index (κ1) is 15.5. The summed E-state index contributed by atoms with van der Waals surface area (Å²) in [7, 11) is 0. The molecule has 0 unspecified atom stereocenters. The molecule has 4 heteroatoms. The number of furan rings is 1. The van der Waals surface area contributed by atoms with Crippen LogP contribution in [0.5, 0.6) is 0 Å². The highest BCUT2D eigenvalue weighted by Crippen LogP contribution is 2.12. The Bertz CT molecular complexity index is 381. The van der Waals surface area contributed by atoms with Gasteiger partial charge in [0.15, 0.2) is 0 Å². The van der Waals surface area contributed by atoms with E-state index in [1.807, 2.05) is 0 Å². The van der Waals surface area contributed by atoms with Gasteiger partial charge in [0.25, 0.3) is 0 Å². The number of piperazine rings is 1. The number of likely N-dealkylation sites (N-methyl/N-ethyl adjacent to an activating group) is 1. The molecule has 20 heavy (non-hydrogen) atoms. The number of rotatable bonds is 7.